The van der Waals surface area contributed by atoms with Crippen molar-refractivity contribution in [3.8, 4) is 0 Å². The Balaban J connectivity index is 2.28. The molecule has 0 aliphatic carbocycles. The molecule has 0 aromatic heterocycles. The number of benzene rings is 1. The Morgan fingerprint density at radius 1 is 1.14 bits per heavy atom. The van der Waals surface area contributed by atoms with Gasteiger partial charge in [-0.2, -0.15) is 0 Å². The average Bonchev–Trinajstić information content (AvgIpc) is 2.48. The summed E-state index contributed by atoms with van der Waals surface area (Å²) >= 11 is 6.70. The summed E-state index contributed by atoms with van der Waals surface area (Å²) in [5, 5.41) is 1.36. The minimum atomic E-state index is -1.37. The molecule has 1 aromatic carbocycles. The van der Waals surface area contributed by atoms with Crippen LogP contribution in [0.4, 0.5) is 0 Å². The van der Waals surface area contributed by atoms with Crippen LogP contribution in [0.5, 0.6) is 0 Å². The predicted molar refractivity (Wildman–Crippen MR) is 67.1 cm³/mol. The molecule has 0 saturated heterocycles. The molecular weight excluding hydrogens is 211 g/mol. The molecule has 0 nitrogen and oxygen atoms in total. The van der Waals surface area contributed by atoms with Crippen LogP contribution in [0.1, 0.15) is 12.5 Å². The van der Waals surface area contributed by atoms with E-state index in [9.17, 15) is 0 Å². The maximum Gasteiger partial charge on any atom is 0.154 e. The van der Waals surface area contributed by atoms with E-state index in [2.05, 4.69) is 44.2 Å². The lowest BCUT2D eigenvalue weighted by molar-refractivity contribution is 1.42. The summed E-state index contributed by atoms with van der Waals surface area (Å²) in [5.74, 6) is 0. The van der Waals surface area contributed by atoms with Crippen molar-refractivity contribution in [3.05, 3.63) is 41.5 Å². The van der Waals surface area contributed by atoms with Gasteiger partial charge in [0.2, 0.25) is 0 Å². The molecule has 2 rings (SSSR count). The number of halogens is 1. The van der Waals surface area contributed by atoms with Crippen molar-refractivity contribution in [2.24, 2.45) is 0 Å². The minimum Gasteiger partial charge on any atom is -0.0554 e. The Hall–Kier alpha value is -0.320. The number of rotatable bonds is 1. The maximum atomic E-state index is 6.70. The first kappa shape index (κ1) is 10.2. The van der Waals surface area contributed by atoms with Crippen molar-refractivity contribution in [1.82, 2.24) is 0 Å². The summed E-state index contributed by atoms with van der Waals surface area (Å²) in [5.41, 5.74) is 2.76. The highest BCUT2D eigenvalue weighted by atomic mass is 35.7. The van der Waals surface area contributed by atoms with Crippen molar-refractivity contribution in [1.29, 1.82) is 0 Å². The summed E-state index contributed by atoms with van der Waals surface area (Å²) < 4.78 is 0. The van der Waals surface area contributed by atoms with E-state index in [-0.39, 0.29) is 0 Å². The van der Waals surface area contributed by atoms with Gasteiger partial charge in [0.05, 0.1) is 17.4 Å². The minimum absolute atomic E-state index is 1.07. The Kier molecular flexibility index (Phi) is 2.68. The summed E-state index contributed by atoms with van der Waals surface area (Å²) in [6.07, 6.45) is 4.46. The van der Waals surface area contributed by atoms with Gasteiger partial charge in [0.15, 0.2) is 6.62 Å². The molecule has 0 radical (unpaired) electrons. The van der Waals surface area contributed by atoms with Crippen molar-refractivity contribution < 1.29 is 0 Å². The fourth-order valence-corrected chi connectivity index (χ4v) is 5.67. The van der Waals surface area contributed by atoms with E-state index in [1.165, 1.54) is 16.4 Å². The smallest absolute Gasteiger partial charge is 0.0554 e. The van der Waals surface area contributed by atoms with Crippen molar-refractivity contribution >= 4 is 23.2 Å². The van der Waals surface area contributed by atoms with Crippen LogP contribution in [0, 0.1) is 6.92 Å². The van der Waals surface area contributed by atoms with E-state index in [1.807, 2.05) is 0 Å². The van der Waals surface area contributed by atoms with Gasteiger partial charge in [-0.1, -0.05) is 17.7 Å². The second-order valence-electron chi connectivity index (χ2n) is 4.09. The van der Waals surface area contributed by atoms with Crippen molar-refractivity contribution in [2.75, 3.05) is 12.3 Å². The molecule has 0 amide bonds. The van der Waals surface area contributed by atoms with Crippen LogP contribution in [0.25, 0.3) is 0 Å². The lowest BCUT2D eigenvalue weighted by atomic mass is 10.2. The van der Waals surface area contributed by atoms with Gasteiger partial charge < -0.3 is 0 Å². The van der Waals surface area contributed by atoms with Gasteiger partial charge in [0, 0.05) is 0 Å². The van der Waals surface area contributed by atoms with Crippen LogP contribution in [0.2, 0.25) is 0 Å². The molecule has 1 aliphatic rings. The second-order valence-corrected chi connectivity index (χ2v) is 8.96. The molecule has 0 saturated carbocycles. The topological polar surface area (TPSA) is 0 Å². The maximum absolute atomic E-state index is 6.70. The Morgan fingerprint density at radius 2 is 1.79 bits per heavy atom. The van der Waals surface area contributed by atoms with Crippen molar-refractivity contribution in [3.63, 3.8) is 0 Å². The van der Waals surface area contributed by atoms with E-state index in [0.717, 1.165) is 12.3 Å². The Morgan fingerprint density at radius 3 is 2.29 bits per heavy atom. The highest BCUT2D eigenvalue weighted by Gasteiger charge is 2.41. The quantitative estimate of drug-likeness (QED) is 0.504. The normalized spacial score (nSPS) is 26.4. The lowest BCUT2D eigenvalue weighted by Crippen LogP contribution is -2.08. The highest BCUT2D eigenvalue weighted by molar-refractivity contribution is 8.05. The zero-order valence-corrected chi connectivity index (χ0v) is 10.3. The van der Waals surface area contributed by atoms with Gasteiger partial charge in [-0.3, -0.25) is 0 Å². The fraction of sp³-hybridized carbons (Fsp3) is 0.333. The molecule has 0 N–H and O–H groups in total. The molecule has 0 spiro atoms. The van der Waals surface area contributed by atoms with Crippen LogP contribution in [0.3, 0.4) is 0 Å². The van der Waals surface area contributed by atoms with E-state index in [4.69, 9.17) is 11.2 Å². The zero-order chi connectivity index (χ0) is 10.2. The molecule has 0 bridgehead atoms. The Labute approximate surface area is 91.1 Å². The summed E-state index contributed by atoms with van der Waals surface area (Å²) in [7, 11) is 0. The molecule has 1 atom stereocenters. The number of hydrogen-bond donors (Lipinski definition) is 0. The van der Waals surface area contributed by atoms with Gasteiger partial charge in [0.1, 0.15) is 11.5 Å². The molecule has 14 heavy (non-hydrogen) atoms. The fourth-order valence-electron chi connectivity index (χ4n) is 1.83. The van der Waals surface area contributed by atoms with Gasteiger partial charge in [-0.15, -0.1) is 0 Å². The molecular formula is C12H15ClP+. The predicted octanol–water partition coefficient (Wildman–Crippen LogP) is 3.75. The van der Waals surface area contributed by atoms with E-state index in [0.29, 0.717) is 0 Å². The SMILES string of the molecule is CC1=CC[P+](Cl)(c2ccc(C)cc2)C1. The molecule has 1 aliphatic heterocycles. The third kappa shape index (κ3) is 1.87. The molecule has 1 heterocycles. The standard InChI is InChI=1S/C12H15ClP/c1-10-3-5-12(6-4-10)14(13)8-7-11(2)9-14/h3-7H,8-9H2,1-2H3/q+1. The van der Waals surface area contributed by atoms with Crippen LogP contribution in [-0.2, 0) is 0 Å². The highest BCUT2D eigenvalue weighted by Crippen LogP contribution is 2.66. The third-order valence-electron chi connectivity index (χ3n) is 2.73. The molecule has 1 unspecified atom stereocenters. The first-order chi connectivity index (χ1) is 6.60. The van der Waals surface area contributed by atoms with Crippen LogP contribution in [0.15, 0.2) is 35.9 Å². The molecule has 1 aromatic rings. The summed E-state index contributed by atoms with van der Waals surface area (Å²) in [6, 6.07) is 8.71. The summed E-state index contributed by atoms with van der Waals surface area (Å²) in [4.78, 5) is 0. The van der Waals surface area contributed by atoms with Gasteiger partial charge in [0.25, 0.3) is 0 Å². The lowest BCUT2D eigenvalue weighted by Gasteiger charge is -2.12. The van der Waals surface area contributed by atoms with Gasteiger partial charge >= 0.3 is 0 Å². The Bertz CT molecular complexity index is 366. The molecule has 74 valence electrons. The van der Waals surface area contributed by atoms with Crippen LogP contribution in [-0.4, -0.2) is 12.3 Å². The number of hydrogen-bond acceptors (Lipinski definition) is 0. The average molecular weight is 226 g/mol. The molecule has 0 fully saturated rings. The van der Waals surface area contributed by atoms with Crippen LogP contribution >= 0.6 is 17.9 Å². The van der Waals surface area contributed by atoms with Gasteiger partial charge in [-0.25, -0.2) is 0 Å². The number of allylic oxidation sites excluding steroid dienone is 2. The van der Waals surface area contributed by atoms with Gasteiger partial charge in [-0.05, 0) is 37.6 Å². The number of aryl methyl sites for hydroxylation is 1. The first-order valence-electron chi connectivity index (χ1n) is 4.90. The third-order valence-corrected chi connectivity index (χ3v) is 7.07. The van der Waals surface area contributed by atoms with E-state index < -0.39 is 6.62 Å². The monoisotopic (exact) mass is 225 g/mol. The van der Waals surface area contributed by atoms with E-state index >= 15 is 0 Å². The van der Waals surface area contributed by atoms with E-state index in [1.54, 1.807) is 0 Å². The second kappa shape index (κ2) is 3.68. The largest absolute Gasteiger partial charge is 0.154 e. The van der Waals surface area contributed by atoms with Crippen molar-refractivity contribution in [2.45, 2.75) is 13.8 Å². The zero-order valence-electron chi connectivity index (χ0n) is 8.63. The summed E-state index contributed by atoms with van der Waals surface area (Å²) in [6.45, 7) is 2.92. The molecule has 2 heteroatoms. The van der Waals surface area contributed by atoms with Crippen LogP contribution < -0.4 is 5.30 Å². The first-order valence-corrected chi connectivity index (χ1v) is 7.96.